The highest BCUT2D eigenvalue weighted by molar-refractivity contribution is 9.10. The summed E-state index contributed by atoms with van der Waals surface area (Å²) >= 11 is 3.51. The van der Waals surface area contributed by atoms with Crippen LogP contribution in [0.25, 0.3) is 0 Å². The van der Waals surface area contributed by atoms with Gasteiger partial charge in [0, 0.05) is 44.4 Å². The van der Waals surface area contributed by atoms with Crippen molar-refractivity contribution < 1.29 is 14.6 Å². The van der Waals surface area contributed by atoms with Crippen molar-refractivity contribution in [2.45, 2.75) is 6.42 Å². The summed E-state index contributed by atoms with van der Waals surface area (Å²) in [5.74, 6) is 1.40. The van der Waals surface area contributed by atoms with Crippen molar-refractivity contribution in [3.63, 3.8) is 0 Å². The van der Waals surface area contributed by atoms with Gasteiger partial charge in [0.15, 0.2) is 11.5 Å². The average molecular weight is 345 g/mol. The number of nitrogens with one attached hydrogen (secondary N) is 1. The number of piperazine rings is 1. The molecule has 0 bridgehead atoms. The van der Waals surface area contributed by atoms with E-state index in [0.717, 1.165) is 49.2 Å². The summed E-state index contributed by atoms with van der Waals surface area (Å²) in [5, 5.41) is 13.5. The molecule has 0 unspecified atom stereocenters. The molecule has 5 nitrogen and oxygen atoms in total. The molecule has 1 aromatic carbocycles. The molecule has 1 aliphatic heterocycles. The quantitative estimate of drug-likeness (QED) is 0.850. The number of methoxy groups -OCH3 is 2. The van der Waals surface area contributed by atoms with Crippen LogP contribution in [0.2, 0.25) is 0 Å². The van der Waals surface area contributed by atoms with Crippen LogP contribution in [-0.4, -0.2) is 56.9 Å². The van der Waals surface area contributed by atoms with Crippen molar-refractivity contribution in [1.29, 1.82) is 0 Å². The second-order valence-corrected chi connectivity index (χ2v) is 5.56. The molecule has 1 fully saturated rings. The molecule has 0 atom stereocenters. The summed E-state index contributed by atoms with van der Waals surface area (Å²) in [4.78, 5) is 2.39. The van der Waals surface area contributed by atoms with E-state index in [1.54, 1.807) is 20.3 Å². The Bertz CT molecular complexity index is 462. The summed E-state index contributed by atoms with van der Waals surface area (Å²) in [5.41, 5.74) is 0.862. The van der Waals surface area contributed by atoms with E-state index < -0.39 is 0 Å². The average Bonchev–Trinajstić information content (AvgIpc) is 2.47. The van der Waals surface area contributed by atoms with Gasteiger partial charge in [-0.05, 0) is 22.4 Å². The van der Waals surface area contributed by atoms with Crippen LogP contribution >= 0.6 is 15.9 Å². The van der Waals surface area contributed by atoms with E-state index in [-0.39, 0.29) is 5.75 Å². The third-order valence-corrected chi connectivity index (χ3v) is 4.42. The van der Waals surface area contributed by atoms with Gasteiger partial charge in [0.05, 0.1) is 18.7 Å². The standard InChI is InChI=1S/C14H21BrN2O3/c1-19-12-9-11(18)10(13(15)14(12)20-2)3-6-17-7-4-16-5-8-17/h9,16,18H,3-8H2,1-2H3. The predicted molar refractivity (Wildman–Crippen MR) is 81.9 cm³/mol. The van der Waals surface area contributed by atoms with E-state index in [9.17, 15) is 5.11 Å². The molecular weight excluding hydrogens is 324 g/mol. The van der Waals surface area contributed by atoms with Gasteiger partial charge in [-0.3, -0.25) is 0 Å². The molecule has 1 saturated heterocycles. The number of ether oxygens (including phenoxy) is 2. The molecule has 2 N–H and O–H groups in total. The first-order valence-electron chi connectivity index (χ1n) is 6.72. The van der Waals surface area contributed by atoms with Crippen molar-refractivity contribution in [3.8, 4) is 17.2 Å². The molecule has 112 valence electrons. The molecule has 1 aromatic rings. The third kappa shape index (κ3) is 3.37. The number of aromatic hydroxyl groups is 1. The maximum Gasteiger partial charge on any atom is 0.175 e. The van der Waals surface area contributed by atoms with Gasteiger partial charge in [-0.15, -0.1) is 0 Å². The maximum absolute atomic E-state index is 10.2. The highest BCUT2D eigenvalue weighted by Gasteiger charge is 2.18. The minimum atomic E-state index is 0.240. The van der Waals surface area contributed by atoms with Crippen molar-refractivity contribution in [2.75, 3.05) is 46.9 Å². The molecule has 6 heteroatoms. The second kappa shape index (κ2) is 7.15. The van der Waals surface area contributed by atoms with Gasteiger partial charge in [-0.25, -0.2) is 0 Å². The Hall–Kier alpha value is -0.980. The number of phenols is 1. The first-order chi connectivity index (χ1) is 9.67. The van der Waals surface area contributed by atoms with E-state index in [0.29, 0.717) is 11.5 Å². The van der Waals surface area contributed by atoms with Gasteiger partial charge in [0.25, 0.3) is 0 Å². The monoisotopic (exact) mass is 344 g/mol. The van der Waals surface area contributed by atoms with Gasteiger partial charge < -0.3 is 24.8 Å². The lowest BCUT2D eigenvalue weighted by molar-refractivity contribution is 0.243. The first kappa shape index (κ1) is 15.4. The number of hydrogen-bond acceptors (Lipinski definition) is 5. The van der Waals surface area contributed by atoms with E-state index in [1.165, 1.54) is 0 Å². The minimum absolute atomic E-state index is 0.240. The molecule has 0 radical (unpaired) electrons. The van der Waals surface area contributed by atoms with E-state index in [2.05, 4.69) is 26.1 Å². The SMILES string of the molecule is COc1cc(O)c(CCN2CCNCC2)c(Br)c1OC. The van der Waals surface area contributed by atoms with Gasteiger partial charge >= 0.3 is 0 Å². The predicted octanol–water partition coefficient (Wildman–Crippen LogP) is 1.62. The smallest absolute Gasteiger partial charge is 0.175 e. The molecule has 0 saturated carbocycles. The van der Waals surface area contributed by atoms with Crippen LogP contribution in [0.4, 0.5) is 0 Å². The highest BCUT2D eigenvalue weighted by Crippen LogP contribution is 2.42. The van der Waals surface area contributed by atoms with Crippen molar-refractivity contribution in [1.82, 2.24) is 10.2 Å². The Morgan fingerprint density at radius 2 is 2.00 bits per heavy atom. The van der Waals surface area contributed by atoms with E-state index in [4.69, 9.17) is 9.47 Å². The van der Waals surface area contributed by atoms with Crippen LogP contribution in [0, 0.1) is 0 Å². The molecule has 0 aromatic heterocycles. The topological polar surface area (TPSA) is 54.0 Å². The third-order valence-electron chi connectivity index (χ3n) is 3.58. The fourth-order valence-electron chi connectivity index (χ4n) is 2.42. The number of rotatable bonds is 5. The fourth-order valence-corrected chi connectivity index (χ4v) is 3.18. The normalized spacial score (nSPS) is 16.1. The Labute approximate surface area is 128 Å². The summed E-state index contributed by atoms with van der Waals surface area (Å²) in [6.45, 7) is 5.07. The zero-order valence-electron chi connectivity index (χ0n) is 11.9. The van der Waals surface area contributed by atoms with Crippen LogP contribution in [0.3, 0.4) is 0 Å². The van der Waals surface area contributed by atoms with Crippen LogP contribution in [0.15, 0.2) is 10.5 Å². The molecule has 0 spiro atoms. The van der Waals surface area contributed by atoms with Crippen LogP contribution < -0.4 is 14.8 Å². The largest absolute Gasteiger partial charge is 0.507 e. The zero-order valence-corrected chi connectivity index (χ0v) is 13.5. The first-order valence-corrected chi connectivity index (χ1v) is 7.52. The molecule has 1 aliphatic rings. The summed E-state index contributed by atoms with van der Waals surface area (Å²) in [6.07, 6.45) is 0.771. The van der Waals surface area contributed by atoms with Crippen LogP contribution in [-0.2, 0) is 6.42 Å². The molecule has 0 amide bonds. The van der Waals surface area contributed by atoms with E-state index in [1.807, 2.05) is 0 Å². The summed E-state index contributed by atoms with van der Waals surface area (Å²) in [7, 11) is 3.16. The summed E-state index contributed by atoms with van der Waals surface area (Å²) in [6, 6.07) is 1.61. The second-order valence-electron chi connectivity index (χ2n) is 4.77. The van der Waals surface area contributed by atoms with Gasteiger partial charge in [-0.2, -0.15) is 0 Å². The fraction of sp³-hybridized carbons (Fsp3) is 0.571. The van der Waals surface area contributed by atoms with Crippen molar-refractivity contribution in [3.05, 3.63) is 16.1 Å². The molecule has 2 rings (SSSR count). The number of hydrogen-bond donors (Lipinski definition) is 2. The zero-order chi connectivity index (χ0) is 14.5. The number of benzene rings is 1. The Morgan fingerprint density at radius 1 is 1.30 bits per heavy atom. The van der Waals surface area contributed by atoms with Gasteiger partial charge in [0.2, 0.25) is 0 Å². The molecule has 20 heavy (non-hydrogen) atoms. The number of nitrogens with zero attached hydrogens (tertiary/aromatic N) is 1. The maximum atomic E-state index is 10.2. The molecular formula is C14H21BrN2O3. The highest BCUT2D eigenvalue weighted by atomic mass is 79.9. The lowest BCUT2D eigenvalue weighted by atomic mass is 10.1. The Balaban J connectivity index is 2.14. The number of phenolic OH excluding ortho intramolecular Hbond substituents is 1. The van der Waals surface area contributed by atoms with Crippen LogP contribution in [0.5, 0.6) is 17.2 Å². The Morgan fingerprint density at radius 3 is 2.60 bits per heavy atom. The lowest BCUT2D eigenvalue weighted by Gasteiger charge is -2.27. The van der Waals surface area contributed by atoms with Gasteiger partial charge in [0.1, 0.15) is 5.75 Å². The minimum Gasteiger partial charge on any atom is -0.507 e. The van der Waals surface area contributed by atoms with E-state index >= 15 is 0 Å². The molecule has 1 heterocycles. The summed E-state index contributed by atoms with van der Waals surface area (Å²) < 4.78 is 11.3. The lowest BCUT2D eigenvalue weighted by Crippen LogP contribution is -2.44. The van der Waals surface area contributed by atoms with Gasteiger partial charge in [-0.1, -0.05) is 0 Å². The van der Waals surface area contributed by atoms with Crippen LogP contribution in [0.1, 0.15) is 5.56 Å². The molecule has 0 aliphatic carbocycles. The number of halogens is 1. The Kier molecular flexibility index (Phi) is 5.51. The van der Waals surface area contributed by atoms with Crippen molar-refractivity contribution >= 4 is 15.9 Å². The van der Waals surface area contributed by atoms with Crippen molar-refractivity contribution in [2.24, 2.45) is 0 Å².